The summed E-state index contributed by atoms with van der Waals surface area (Å²) in [4.78, 5) is 13.6. The molecule has 2 aliphatic heterocycles. The summed E-state index contributed by atoms with van der Waals surface area (Å²) in [6, 6.07) is 0. The molecule has 190 valence electrons. The van der Waals surface area contributed by atoms with Crippen molar-refractivity contribution >= 4 is 5.78 Å². The molecule has 3 saturated carbocycles. The third kappa shape index (κ3) is 2.64. The van der Waals surface area contributed by atoms with Gasteiger partial charge >= 0.3 is 0 Å². The second-order valence-electron chi connectivity index (χ2n) is 14.9. The Morgan fingerprint density at radius 3 is 2.53 bits per heavy atom. The summed E-state index contributed by atoms with van der Waals surface area (Å²) in [5.41, 5.74) is -1.05. The van der Waals surface area contributed by atoms with E-state index in [1.54, 1.807) is 0 Å². The van der Waals surface area contributed by atoms with Crippen molar-refractivity contribution in [2.45, 2.75) is 111 Å². The van der Waals surface area contributed by atoms with Gasteiger partial charge in [0.05, 0.1) is 18.3 Å². The number of carbonyl (C=O) groups excluding carboxylic acids is 1. The van der Waals surface area contributed by atoms with E-state index in [-0.39, 0.29) is 33.7 Å². The van der Waals surface area contributed by atoms with Gasteiger partial charge in [-0.2, -0.15) is 0 Å². The Morgan fingerprint density at radius 1 is 1.09 bits per heavy atom. The Balaban J connectivity index is 1.42. The van der Waals surface area contributed by atoms with Crippen molar-refractivity contribution in [2.24, 2.45) is 51.2 Å². The Kier molecular flexibility index (Phi) is 4.72. The molecular formula is C30H46O4. The second kappa shape index (κ2) is 6.78. The fourth-order valence-corrected chi connectivity index (χ4v) is 11.2. The summed E-state index contributed by atoms with van der Waals surface area (Å²) in [5, 5.41) is 11.9. The fourth-order valence-electron chi connectivity index (χ4n) is 11.2. The molecule has 2 spiro atoms. The smallest absolute Gasteiger partial charge is 0.175 e. The summed E-state index contributed by atoms with van der Waals surface area (Å²) in [6.45, 7) is 16.7. The van der Waals surface area contributed by atoms with E-state index in [1.165, 1.54) is 0 Å². The molecule has 0 aromatic rings. The van der Waals surface area contributed by atoms with Crippen LogP contribution in [-0.2, 0) is 14.3 Å². The van der Waals surface area contributed by atoms with Crippen LogP contribution in [0.4, 0.5) is 0 Å². The fraction of sp³-hybridized carbons (Fsp3) is 0.900. The van der Waals surface area contributed by atoms with Gasteiger partial charge in [0.25, 0.3) is 0 Å². The lowest BCUT2D eigenvalue weighted by atomic mass is 9.36. The van der Waals surface area contributed by atoms with E-state index in [0.717, 1.165) is 45.1 Å². The zero-order valence-electron chi connectivity index (χ0n) is 22.4. The maximum atomic E-state index is 13.6. The van der Waals surface area contributed by atoms with Crippen molar-refractivity contribution < 1.29 is 19.4 Å². The SMILES string of the molecule is CC(C)C[C@@H]1C[C@](C)(O)[C@@H]2[C@H]3CC[C@@H]4[C@@]5(C)C(=O)C=CC(C)(C)[C@@H]5CC[C@@]4(C)[C@@]34CO[C@@]2(C4)O1. The second-order valence-corrected chi connectivity index (χ2v) is 14.9. The maximum Gasteiger partial charge on any atom is 0.175 e. The lowest BCUT2D eigenvalue weighted by Crippen LogP contribution is -2.67. The number of aliphatic hydroxyl groups is 1. The summed E-state index contributed by atoms with van der Waals surface area (Å²) < 4.78 is 13.6. The first-order valence-corrected chi connectivity index (χ1v) is 14.0. The van der Waals surface area contributed by atoms with Crippen LogP contribution >= 0.6 is 0 Å². The van der Waals surface area contributed by atoms with E-state index < -0.39 is 11.4 Å². The minimum Gasteiger partial charge on any atom is -0.390 e. The van der Waals surface area contributed by atoms with E-state index in [9.17, 15) is 9.90 Å². The largest absolute Gasteiger partial charge is 0.390 e. The van der Waals surface area contributed by atoms with Gasteiger partial charge in [0.1, 0.15) is 0 Å². The van der Waals surface area contributed by atoms with Crippen molar-refractivity contribution in [1.82, 2.24) is 0 Å². The van der Waals surface area contributed by atoms with Gasteiger partial charge in [-0.25, -0.2) is 0 Å². The molecule has 5 fully saturated rings. The highest BCUT2D eigenvalue weighted by atomic mass is 16.7. The number of allylic oxidation sites excluding steroid dienone is 2. The highest BCUT2D eigenvalue weighted by molar-refractivity contribution is 5.96. The molecule has 4 heteroatoms. The molecule has 10 atom stereocenters. The normalized spacial score (nSPS) is 57.2. The Morgan fingerprint density at radius 2 is 1.82 bits per heavy atom. The van der Waals surface area contributed by atoms with Gasteiger partial charge in [-0.3, -0.25) is 4.79 Å². The average molecular weight is 471 g/mol. The van der Waals surface area contributed by atoms with Crippen LogP contribution in [0.5, 0.6) is 0 Å². The predicted molar refractivity (Wildman–Crippen MR) is 132 cm³/mol. The summed E-state index contributed by atoms with van der Waals surface area (Å²) >= 11 is 0. The monoisotopic (exact) mass is 470 g/mol. The first kappa shape index (κ1) is 23.7. The van der Waals surface area contributed by atoms with Crippen molar-refractivity contribution in [3.8, 4) is 0 Å². The van der Waals surface area contributed by atoms with Gasteiger partial charge in [-0.1, -0.05) is 47.6 Å². The standard InChI is InChI=1S/C30H46O4/c1-18(2)14-19-15-27(6,32)24-20-8-9-22-26(5,29(20)16-30(24,34-19)33-17-29)13-10-21-25(3,4)12-11-23(31)28(21,22)7/h11-12,18-22,24,32H,8-10,13-17H2,1-7H3/t19-,20-,21+,22+,24+,26-,27+,28+,29+,30+/m1/s1. The minimum atomic E-state index is -0.777. The van der Waals surface area contributed by atoms with Crippen molar-refractivity contribution in [1.29, 1.82) is 0 Å². The number of fused-ring (bicyclic) bond motifs is 4. The molecule has 0 radical (unpaired) electrons. The molecule has 2 saturated heterocycles. The quantitative estimate of drug-likeness (QED) is 0.544. The number of rotatable bonds is 2. The van der Waals surface area contributed by atoms with Gasteiger partial charge in [-0.15, -0.1) is 0 Å². The van der Waals surface area contributed by atoms with Gasteiger partial charge < -0.3 is 14.6 Å². The van der Waals surface area contributed by atoms with Crippen LogP contribution in [0.25, 0.3) is 0 Å². The molecule has 0 unspecified atom stereocenters. The van der Waals surface area contributed by atoms with Crippen LogP contribution in [0.2, 0.25) is 0 Å². The van der Waals surface area contributed by atoms with E-state index in [0.29, 0.717) is 35.9 Å². The van der Waals surface area contributed by atoms with E-state index in [2.05, 4.69) is 54.5 Å². The number of ketones is 1. The lowest BCUT2D eigenvalue weighted by molar-refractivity contribution is -0.346. The summed E-state index contributed by atoms with van der Waals surface area (Å²) in [7, 11) is 0. The van der Waals surface area contributed by atoms with Crippen LogP contribution in [0.1, 0.15) is 93.4 Å². The molecule has 34 heavy (non-hydrogen) atoms. The first-order chi connectivity index (χ1) is 15.7. The Bertz CT molecular complexity index is 934. The number of carbonyl (C=O) groups is 1. The van der Waals surface area contributed by atoms with Crippen molar-refractivity contribution in [3.63, 3.8) is 0 Å². The molecule has 2 bridgehead atoms. The third-order valence-corrected chi connectivity index (χ3v) is 12.3. The Hall–Kier alpha value is -0.710. The van der Waals surface area contributed by atoms with Crippen LogP contribution in [0.3, 0.4) is 0 Å². The molecule has 4 aliphatic carbocycles. The minimum absolute atomic E-state index is 0.0170. The third-order valence-electron chi connectivity index (χ3n) is 12.3. The van der Waals surface area contributed by atoms with Crippen LogP contribution in [-0.4, -0.2) is 35.0 Å². The molecule has 4 nitrogen and oxygen atoms in total. The van der Waals surface area contributed by atoms with Gasteiger partial charge in [0.2, 0.25) is 0 Å². The predicted octanol–water partition coefficient (Wildman–Crippen LogP) is 5.92. The number of hydrogen-bond acceptors (Lipinski definition) is 4. The highest BCUT2D eigenvalue weighted by Gasteiger charge is 2.81. The van der Waals surface area contributed by atoms with Gasteiger partial charge in [0.15, 0.2) is 11.6 Å². The summed E-state index contributed by atoms with van der Waals surface area (Å²) in [6.07, 6.45) is 11.0. The Labute approximate surface area is 206 Å². The van der Waals surface area contributed by atoms with Gasteiger partial charge in [0, 0.05) is 29.6 Å². The topological polar surface area (TPSA) is 55.8 Å². The zero-order chi connectivity index (χ0) is 24.5. The molecular weight excluding hydrogens is 424 g/mol. The first-order valence-electron chi connectivity index (χ1n) is 14.0. The lowest BCUT2D eigenvalue weighted by Gasteiger charge is -2.68. The van der Waals surface area contributed by atoms with Crippen LogP contribution in [0, 0.1) is 51.2 Å². The zero-order valence-corrected chi connectivity index (χ0v) is 22.4. The van der Waals surface area contributed by atoms with Crippen LogP contribution in [0.15, 0.2) is 12.2 Å². The highest BCUT2D eigenvalue weighted by Crippen LogP contribution is 2.79. The maximum absolute atomic E-state index is 13.6. The number of ether oxygens (including phenoxy) is 2. The molecule has 2 heterocycles. The van der Waals surface area contributed by atoms with Crippen molar-refractivity contribution in [2.75, 3.05) is 6.61 Å². The van der Waals surface area contributed by atoms with E-state index in [4.69, 9.17) is 9.47 Å². The van der Waals surface area contributed by atoms with Gasteiger partial charge in [-0.05, 0) is 79.6 Å². The molecule has 6 rings (SSSR count). The number of hydrogen-bond donors (Lipinski definition) is 1. The van der Waals surface area contributed by atoms with E-state index in [1.807, 2.05) is 6.08 Å². The molecule has 1 N–H and O–H groups in total. The molecule has 0 aromatic carbocycles. The van der Waals surface area contributed by atoms with Crippen molar-refractivity contribution in [3.05, 3.63) is 12.2 Å². The molecule has 6 aliphatic rings. The summed E-state index contributed by atoms with van der Waals surface area (Å²) in [5.74, 6) is 1.38. The van der Waals surface area contributed by atoms with E-state index >= 15 is 0 Å². The van der Waals surface area contributed by atoms with Crippen LogP contribution < -0.4 is 0 Å². The molecule has 0 amide bonds. The molecule has 0 aromatic heterocycles. The average Bonchev–Trinajstić information content (AvgIpc) is 3.22.